The summed E-state index contributed by atoms with van der Waals surface area (Å²) in [5.74, 6) is -0.166. The van der Waals surface area contributed by atoms with E-state index < -0.39 is 11.9 Å². The highest BCUT2D eigenvalue weighted by Gasteiger charge is 2.12. The van der Waals surface area contributed by atoms with Crippen molar-refractivity contribution in [1.82, 2.24) is 5.32 Å². The van der Waals surface area contributed by atoms with E-state index in [1.165, 1.54) is 13.2 Å². The van der Waals surface area contributed by atoms with Crippen LogP contribution in [0.4, 0.5) is 0 Å². The molecule has 17 heavy (non-hydrogen) atoms. The second-order valence-corrected chi connectivity index (χ2v) is 4.06. The Bertz CT molecular complexity index is 423. The molecule has 6 heteroatoms. The Balaban J connectivity index is 2.84. The molecule has 0 aliphatic rings. The van der Waals surface area contributed by atoms with Gasteiger partial charge < -0.3 is 20.9 Å². The predicted molar refractivity (Wildman–Crippen MR) is 65.2 cm³/mol. The van der Waals surface area contributed by atoms with Crippen LogP contribution >= 0.6 is 11.6 Å². The van der Waals surface area contributed by atoms with Gasteiger partial charge in [0.1, 0.15) is 0 Å². The Morgan fingerprint density at radius 3 is 2.82 bits per heavy atom. The molecule has 94 valence electrons. The highest BCUT2D eigenvalue weighted by Crippen LogP contribution is 2.33. The quantitative estimate of drug-likeness (QED) is 0.736. The molecule has 1 amide bonds. The Morgan fingerprint density at radius 1 is 1.65 bits per heavy atom. The average Bonchev–Trinajstić information content (AvgIpc) is 2.29. The van der Waals surface area contributed by atoms with Crippen molar-refractivity contribution in [2.24, 2.45) is 5.73 Å². The highest BCUT2D eigenvalue weighted by atomic mass is 35.5. The van der Waals surface area contributed by atoms with Gasteiger partial charge in [-0.15, -0.1) is 0 Å². The molecule has 4 N–H and O–H groups in total. The number of aromatic hydroxyl groups is 1. The van der Waals surface area contributed by atoms with Crippen molar-refractivity contribution in [3.63, 3.8) is 0 Å². The molecule has 0 heterocycles. The second-order valence-electron chi connectivity index (χ2n) is 3.62. The fourth-order valence-electron chi connectivity index (χ4n) is 1.28. The molecule has 0 radical (unpaired) electrons. The zero-order chi connectivity index (χ0) is 13.0. The summed E-state index contributed by atoms with van der Waals surface area (Å²) >= 11 is 5.87. The number of halogens is 1. The maximum atomic E-state index is 10.8. The summed E-state index contributed by atoms with van der Waals surface area (Å²) < 4.78 is 4.97. The van der Waals surface area contributed by atoms with Crippen LogP contribution in [-0.4, -0.2) is 24.2 Å². The predicted octanol–water partition coefficient (Wildman–Crippen LogP) is 1.02. The van der Waals surface area contributed by atoms with E-state index in [1.54, 1.807) is 13.0 Å². The summed E-state index contributed by atoms with van der Waals surface area (Å²) in [5.41, 5.74) is 5.65. The topological polar surface area (TPSA) is 84.6 Å². The molecule has 1 unspecified atom stereocenters. The zero-order valence-corrected chi connectivity index (χ0v) is 10.4. The largest absolute Gasteiger partial charge is 0.504 e. The van der Waals surface area contributed by atoms with E-state index in [1.807, 2.05) is 0 Å². The third kappa shape index (κ3) is 3.51. The van der Waals surface area contributed by atoms with Gasteiger partial charge >= 0.3 is 0 Å². The van der Waals surface area contributed by atoms with Crippen molar-refractivity contribution in [3.8, 4) is 11.5 Å². The fraction of sp³-hybridized carbons (Fsp3) is 0.364. The number of phenolic OH excluding ortho intramolecular Hbond substituents is 1. The number of hydrogen-bond donors (Lipinski definition) is 3. The number of carbonyl (C=O) groups is 1. The van der Waals surface area contributed by atoms with E-state index >= 15 is 0 Å². The van der Waals surface area contributed by atoms with Gasteiger partial charge in [0, 0.05) is 23.2 Å². The molecular weight excluding hydrogens is 244 g/mol. The first-order valence-electron chi connectivity index (χ1n) is 5.03. The molecule has 0 saturated heterocycles. The number of phenols is 1. The van der Waals surface area contributed by atoms with Gasteiger partial charge in [-0.1, -0.05) is 11.6 Å². The van der Waals surface area contributed by atoms with E-state index in [2.05, 4.69) is 5.32 Å². The lowest BCUT2D eigenvalue weighted by molar-refractivity contribution is -0.119. The number of nitrogens with two attached hydrogens (primary N) is 1. The lowest BCUT2D eigenvalue weighted by Gasteiger charge is -2.13. The van der Waals surface area contributed by atoms with Crippen molar-refractivity contribution in [2.75, 3.05) is 7.11 Å². The summed E-state index contributed by atoms with van der Waals surface area (Å²) in [6, 6.07) is 2.62. The van der Waals surface area contributed by atoms with Crippen molar-refractivity contribution in [1.29, 1.82) is 0 Å². The Hall–Kier alpha value is -1.46. The van der Waals surface area contributed by atoms with Gasteiger partial charge in [0.15, 0.2) is 11.5 Å². The van der Waals surface area contributed by atoms with Gasteiger partial charge in [0.05, 0.1) is 13.2 Å². The van der Waals surface area contributed by atoms with Gasteiger partial charge in [-0.25, -0.2) is 0 Å². The molecule has 0 saturated carbocycles. The SMILES string of the molecule is COc1cc(Cl)cc(CNC(C)C(N)=O)c1O. The molecule has 1 aromatic rings. The van der Waals surface area contributed by atoms with E-state index in [9.17, 15) is 9.90 Å². The summed E-state index contributed by atoms with van der Waals surface area (Å²) in [7, 11) is 1.44. The summed E-state index contributed by atoms with van der Waals surface area (Å²) in [4.78, 5) is 10.8. The van der Waals surface area contributed by atoms with Crippen LogP contribution in [0.2, 0.25) is 5.02 Å². The highest BCUT2D eigenvalue weighted by molar-refractivity contribution is 6.30. The lowest BCUT2D eigenvalue weighted by Crippen LogP contribution is -2.38. The normalized spacial score (nSPS) is 12.2. The summed E-state index contributed by atoms with van der Waals surface area (Å²) in [6.07, 6.45) is 0. The van der Waals surface area contributed by atoms with E-state index in [-0.39, 0.29) is 12.3 Å². The number of ether oxygens (including phenoxy) is 1. The molecule has 1 rings (SSSR count). The second kappa shape index (κ2) is 5.75. The average molecular weight is 259 g/mol. The maximum absolute atomic E-state index is 10.8. The molecule has 0 aromatic heterocycles. The molecule has 0 aliphatic heterocycles. The monoisotopic (exact) mass is 258 g/mol. The van der Waals surface area contributed by atoms with Gasteiger partial charge in [0.2, 0.25) is 5.91 Å². The van der Waals surface area contributed by atoms with E-state index in [0.717, 1.165) is 0 Å². The van der Waals surface area contributed by atoms with E-state index in [0.29, 0.717) is 16.3 Å². The molecule has 0 spiro atoms. The molecule has 5 nitrogen and oxygen atoms in total. The first-order chi connectivity index (χ1) is 7.95. The van der Waals surface area contributed by atoms with Gasteiger partial charge in [0.25, 0.3) is 0 Å². The molecule has 0 bridgehead atoms. The van der Waals surface area contributed by atoms with Crippen molar-refractivity contribution in [3.05, 3.63) is 22.7 Å². The fourth-order valence-corrected chi connectivity index (χ4v) is 1.51. The van der Waals surface area contributed by atoms with Gasteiger partial charge in [-0.2, -0.15) is 0 Å². The van der Waals surface area contributed by atoms with Crippen molar-refractivity contribution < 1.29 is 14.6 Å². The number of amides is 1. The third-order valence-electron chi connectivity index (χ3n) is 2.36. The number of benzene rings is 1. The molecular formula is C11H15ClN2O3. The van der Waals surface area contributed by atoms with E-state index in [4.69, 9.17) is 22.1 Å². The Kier molecular flexibility index (Phi) is 4.60. The summed E-state index contributed by atoms with van der Waals surface area (Å²) in [6.45, 7) is 1.91. The summed E-state index contributed by atoms with van der Waals surface area (Å²) in [5, 5.41) is 13.1. The molecule has 1 aromatic carbocycles. The van der Waals surface area contributed by atoms with Crippen LogP contribution in [0.3, 0.4) is 0 Å². The standard InChI is InChI=1S/C11H15ClN2O3/c1-6(11(13)16)14-5-7-3-8(12)4-9(17-2)10(7)15/h3-4,6,14-15H,5H2,1-2H3,(H2,13,16). The van der Waals surface area contributed by atoms with Crippen LogP contribution < -0.4 is 15.8 Å². The lowest BCUT2D eigenvalue weighted by atomic mass is 10.1. The Morgan fingerprint density at radius 2 is 2.29 bits per heavy atom. The number of methoxy groups -OCH3 is 1. The van der Waals surface area contributed by atoms with Crippen LogP contribution in [0.15, 0.2) is 12.1 Å². The van der Waals surface area contributed by atoms with Crippen LogP contribution in [0, 0.1) is 0 Å². The number of primary amides is 1. The number of rotatable bonds is 5. The van der Waals surface area contributed by atoms with Crippen molar-refractivity contribution >= 4 is 17.5 Å². The molecule has 1 atom stereocenters. The minimum atomic E-state index is -0.487. The van der Waals surface area contributed by atoms with Crippen LogP contribution in [0.25, 0.3) is 0 Å². The van der Waals surface area contributed by atoms with Crippen LogP contribution in [0.5, 0.6) is 11.5 Å². The number of hydrogen-bond acceptors (Lipinski definition) is 4. The number of nitrogens with one attached hydrogen (secondary N) is 1. The number of carbonyl (C=O) groups excluding carboxylic acids is 1. The van der Waals surface area contributed by atoms with Crippen LogP contribution in [-0.2, 0) is 11.3 Å². The molecule has 0 aliphatic carbocycles. The zero-order valence-electron chi connectivity index (χ0n) is 9.66. The minimum Gasteiger partial charge on any atom is -0.504 e. The van der Waals surface area contributed by atoms with Crippen LogP contribution in [0.1, 0.15) is 12.5 Å². The minimum absolute atomic E-state index is 0.000991. The van der Waals surface area contributed by atoms with Gasteiger partial charge in [-0.3, -0.25) is 4.79 Å². The maximum Gasteiger partial charge on any atom is 0.234 e. The third-order valence-corrected chi connectivity index (χ3v) is 2.58. The first-order valence-corrected chi connectivity index (χ1v) is 5.41. The smallest absolute Gasteiger partial charge is 0.234 e. The van der Waals surface area contributed by atoms with Crippen molar-refractivity contribution in [2.45, 2.75) is 19.5 Å². The first kappa shape index (κ1) is 13.6. The van der Waals surface area contributed by atoms with Gasteiger partial charge in [-0.05, 0) is 13.0 Å². The molecule has 0 fully saturated rings. The Labute approximate surface area is 105 Å².